The number of ether oxygens (including phenoxy) is 1. The zero-order valence-electron chi connectivity index (χ0n) is 9.76. The third-order valence-electron chi connectivity index (χ3n) is 2.59. The number of nitrogens with zero attached hydrogens (tertiary/aromatic N) is 3. The highest BCUT2D eigenvalue weighted by Crippen LogP contribution is 2.37. The van der Waals surface area contributed by atoms with E-state index in [4.69, 9.17) is 16.3 Å². The van der Waals surface area contributed by atoms with E-state index < -0.39 is 6.10 Å². The number of rotatable bonds is 3. The second kappa shape index (κ2) is 5.26. The number of hydrogen-bond donors (Lipinski definition) is 1. The summed E-state index contributed by atoms with van der Waals surface area (Å²) in [5.74, 6) is 0.517. The van der Waals surface area contributed by atoms with Crippen LogP contribution in [0.15, 0.2) is 22.8 Å². The molecule has 2 aromatic rings. The Hall–Kier alpha value is -1.11. The molecule has 0 aliphatic heterocycles. The van der Waals surface area contributed by atoms with Crippen LogP contribution in [-0.2, 0) is 7.05 Å². The summed E-state index contributed by atoms with van der Waals surface area (Å²) in [4.78, 5) is 0. The van der Waals surface area contributed by atoms with Gasteiger partial charge in [-0.25, -0.2) is 4.68 Å². The third-order valence-corrected chi connectivity index (χ3v) is 3.49. The Bertz CT molecular complexity index is 554. The molecule has 0 saturated carbocycles. The van der Waals surface area contributed by atoms with Crippen LogP contribution in [0.25, 0.3) is 0 Å². The van der Waals surface area contributed by atoms with Crippen molar-refractivity contribution in [2.45, 2.75) is 6.10 Å². The molecule has 1 aromatic carbocycles. The van der Waals surface area contributed by atoms with Crippen LogP contribution in [0, 0.1) is 0 Å². The Balaban J connectivity index is 2.56. The van der Waals surface area contributed by atoms with Gasteiger partial charge in [0.05, 0.1) is 12.1 Å². The first-order valence-electron chi connectivity index (χ1n) is 5.11. The number of halogens is 2. The molecule has 0 spiro atoms. The zero-order valence-corrected chi connectivity index (χ0v) is 12.1. The van der Waals surface area contributed by atoms with Crippen molar-refractivity contribution >= 4 is 27.5 Å². The SMILES string of the molecule is COc1cccc(Cl)c1C(O)c1c(Br)nnn1C. The van der Waals surface area contributed by atoms with E-state index in [0.717, 1.165) is 0 Å². The minimum atomic E-state index is -0.969. The zero-order chi connectivity index (χ0) is 13.3. The van der Waals surface area contributed by atoms with Crippen LogP contribution in [0.5, 0.6) is 5.75 Å². The summed E-state index contributed by atoms with van der Waals surface area (Å²) in [5, 5.41) is 18.5. The van der Waals surface area contributed by atoms with E-state index >= 15 is 0 Å². The molecule has 0 fully saturated rings. The van der Waals surface area contributed by atoms with Gasteiger partial charge in [-0.05, 0) is 28.1 Å². The van der Waals surface area contributed by atoms with Crippen molar-refractivity contribution in [2.24, 2.45) is 7.05 Å². The fourth-order valence-corrected chi connectivity index (χ4v) is 2.54. The van der Waals surface area contributed by atoms with Gasteiger partial charge in [-0.2, -0.15) is 0 Å². The van der Waals surface area contributed by atoms with Crippen molar-refractivity contribution in [2.75, 3.05) is 7.11 Å². The topological polar surface area (TPSA) is 60.2 Å². The number of methoxy groups -OCH3 is 1. The number of aliphatic hydroxyl groups excluding tert-OH is 1. The largest absolute Gasteiger partial charge is 0.496 e. The van der Waals surface area contributed by atoms with E-state index in [1.54, 1.807) is 25.2 Å². The molecule has 18 heavy (non-hydrogen) atoms. The van der Waals surface area contributed by atoms with Gasteiger partial charge < -0.3 is 9.84 Å². The molecular weight excluding hydrogens is 321 g/mol. The van der Waals surface area contributed by atoms with Crippen LogP contribution >= 0.6 is 27.5 Å². The van der Waals surface area contributed by atoms with Crippen LogP contribution in [-0.4, -0.2) is 27.2 Å². The molecule has 5 nitrogen and oxygen atoms in total. The molecule has 1 aromatic heterocycles. The first-order valence-corrected chi connectivity index (χ1v) is 6.29. The molecule has 0 bridgehead atoms. The summed E-state index contributed by atoms with van der Waals surface area (Å²) in [7, 11) is 3.22. The summed E-state index contributed by atoms with van der Waals surface area (Å²) >= 11 is 9.37. The second-order valence-corrected chi connectivity index (χ2v) is 4.81. The van der Waals surface area contributed by atoms with Crippen molar-refractivity contribution < 1.29 is 9.84 Å². The number of aliphatic hydroxyl groups is 1. The predicted octanol–water partition coefficient (Wildman–Crippen LogP) is 2.32. The van der Waals surface area contributed by atoms with Crippen LogP contribution in [0.2, 0.25) is 5.02 Å². The lowest BCUT2D eigenvalue weighted by Gasteiger charge is -2.16. The Labute approximate surface area is 117 Å². The Morgan fingerprint density at radius 2 is 2.22 bits per heavy atom. The fraction of sp³-hybridized carbons (Fsp3) is 0.273. The van der Waals surface area contributed by atoms with Crippen molar-refractivity contribution in [1.82, 2.24) is 15.0 Å². The number of benzene rings is 1. The maximum atomic E-state index is 10.4. The summed E-state index contributed by atoms with van der Waals surface area (Å²) in [6.07, 6.45) is -0.969. The van der Waals surface area contributed by atoms with Gasteiger partial charge in [-0.3, -0.25) is 0 Å². The Morgan fingerprint density at radius 1 is 1.50 bits per heavy atom. The van der Waals surface area contributed by atoms with Gasteiger partial charge >= 0.3 is 0 Å². The van der Waals surface area contributed by atoms with E-state index in [1.165, 1.54) is 11.8 Å². The lowest BCUT2D eigenvalue weighted by Crippen LogP contribution is -2.09. The highest BCUT2D eigenvalue weighted by Gasteiger charge is 2.24. The monoisotopic (exact) mass is 331 g/mol. The molecule has 0 radical (unpaired) electrons. The van der Waals surface area contributed by atoms with Gasteiger partial charge in [-0.1, -0.05) is 22.9 Å². The van der Waals surface area contributed by atoms with E-state index in [0.29, 0.717) is 26.6 Å². The highest BCUT2D eigenvalue weighted by molar-refractivity contribution is 9.10. The van der Waals surface area contributed by atoms with Crippen LogP contribution in [0.4, 0.5) is 0 Å². The summed E-state index contributed by atoms with van der Waals surface area (Å²) in [6.45, 7) is 0. The van der Waals surface area contributed by atoms with Gasteiger partial charge in [0, 0.05) is 12.6 Å². The van der Waals surface area contributed by atoms with Crippen LogP contribution < -0.4 is 4.74 Å². The van der Waals surface area contributed by atoms with E-state index in [1.807, 2.05) is 0 Å². The van der Waals surface area contributed by atoms with Crippen molar-refractivity contribution in [3.05, 3.63) is 39.1 Å². The van der Waals surface area contributed by atoms with Crippen LogP contribution in [0.3, 0.4) is 0 Å². The quantitative estimate of drug-likeness (QED) is 0.937. The standard InChI is InChI=1S/C11H11BrClN3O2/c1-16-9(11(12)14-15-16)10(17)8-6(13)4-3-5-7(8)18-2/h3-5,10,17H,1-2H3. The number of aromatic nitrogens is 3. The highest BCUT2D eigenvalue weighted by atomic mass is 79.9. The maximum absolute atomic E-state index is 10.4. The minimum absolute atomic E-state index is 0.426. The van der Waals surface area contributed by atoms with Crippen molar-refractivity contribution in [1.29, 1.82) is 0 Å². The Morgan fingerprint density at radius 3 is 2.78 bits per heavy atom. The van der Waals surface area contributed by atoms with Crippen molar-refractivity contribution in [3.63, 3.8) is 0 Å². The molecule has 0 aliphatic rings. The lowest BCUT2D eigenvalue weighted by molar-refractivity contribution is 0.204. The van der Waals surface area contributed by atoms with Gasteiger partial charge in [0.25, 0.3) is 0 Å². The van der Waals surface area contributed by atoms with Crippen molar-refractivity contribution in [3.8, 4) is 5.75 Å². The average molecular weight is 333 g/mol. The molecule has 2 rings (SSSR count). The van der Waals surface area contributed by atoms with Gasteiger partial charge in [-0.15, -0.1) is 5.10 Å². The number of hydrogen-bond acceptors (Lipinski definition) is 4. The molecule has 96 valence electrons. The normalized spacial score (nSPS) is 12.5. The fourth-order valence-electron chi connectivity index (χ4n) is 1.73. The second-order valence-electron chi connectivity index (χ2n) is 3.65. The molecule has 0 saturated heterocycles. The van der Waals surface area contributed by atoms with E-state index in [-0.39, 0.29) is 0 Å². The summed E-state index contributed by atoms with van der Waals surface area (Å²) in [5.41, 5.74) is 1.01. The molecule has 1 unspecified atom stereocenters. The van der Waals surface area contributed by atoms with E-state index in [2.05, 4.69) is 26.2 Å². The third kappa shape index (κ3) is 2.23. The van der Waals surface area contributed by atoms with Crippen LogP contribution in [0.1, 0.15) is 17.4 Å². The maximum Gasteiger partial charge on any atom is 0.154 e. The van der Waals surface area contributed by atoms with Gasteiger partial charge in [0.1, 0.15) is 17.5 Å². The molecule has 0 aliphatic carbocycles. The smallest absolute Gasteiger partial charge is 0.154 e. The molecule has 0 amide bonds. The van der Waals surface area contributed by atoms with E-state index in [9.17, 15) is 5.11 Å². The summed E-state index contributed by atoms with van der Waals surface area (Å²) < 4.78 is 7.17. The molecule has 1 N–H and O–H groups in total. The minimum Gasteiger partial charge on any atom is -0.496 e. The molecule has 7 heteroatoms. The van der Waals surface area contributed by atoms with Gasteiger partial charge in [0.2, 0.25) is 0 Å². The van der Waals surface area contributed by atoms with Gasteiger partial charge in [0.15, 0.2) is 4.60 Å². The average Bonchev–Trinajstić information content (AvgIpc) is 2.68. The lowest BCUT2D eigenvalue weighted by atomic mass is 10.1. The first-order chi connectivity index (χ1) is 8.56. The predicted molar refractivity (Wildman–Crippen MR) is 70.8 cm³/mol. The number of aryl methyl sites for hydroxylation is 1. The molecule has 1 atom stereocenters. The first kappa shape index (κ1) is 13.3. The molecule has 1 heterocycles. The molecular formula is C11H11BrClN3O2. The Kier molecular flexibility index (Phi) is 3.89. The summed E-state index contributed by atoms with van der Waals surface area (Å²) in [6, 6.07) is 5.19.